The maximum absolute atomic E-state index is 12.8. The first-order valence-electron chi connectivity index (χ1n) is 9.27. The molecule has 2 aromatic carbocycles. The van der Waals surface area contributed by atoms with Crippen molar-refractivity contribution < 1.29 is 14.5 Å². The van der Waals surface area contributed by atoms with Crippen LogP contribution < -0.4 is 4.74 Å². The normalized spacial score (nSPS) is 13.2. The van der Waals surface area contributed by atoms with Crippen LogP contribution in [0, 0.1) is 10.1 Å². The number of nitrogens with zero attached hydrogens (tertiary/aromatic N) is 3. The van der Waals surface area contributed by atoms with Crippen molar-refractivity contribution in [2.24, 2.45) is 0 Å². The van der Waals surface area contributed by atoms with Gasteiger partial charge in [-0.15, -0.1) is 0 Å². The Bertz CT molecular complexity index is 1040. The number of nitro groups is 1. The van der Waals surface area contributed by atoms with Gasteiger partial charge in [0, 0.05) is 36.6 Å². The van der Waals surface area contributed by atoms with Gasteiger partial charge in [-0.1, -0.05) is 18.2 Å². The van der Waals surface area contributed by atoms with E-state index in [-0.39, 0.29) is 18.0 Å². The number of benzene rings is 2. The molecule has 0 aliphatic carbocycles. The van der Waals surface area contributed by atoms with Crippen molar-refractivity contribution in [1.82, 2.24) is 9.88 Å². The summed E-state index contributed by atoms with van der Waals surface area (Å²) in [5.41, 5.74) is 3.81. The summed E-state index contributed by atoms with van der Waals surface area (Å²) < 4.78 is 5.83. The highest BCUT2D eigenvalue weighted by Gasteiger charge is 2.21. The lowest BCUT2D eigenvalue weighted by Gasteiger charge is -2.20. The Labute approximate surface area is 167 Å². The quantitative estimate of drug-likeness (QED) is 0.502. The molecule has 1 amide bonds. The van der Waals surface area contributed by atoms with Crippen molar-refractivity contribution in [2.45, 2.75) is 13.0 Å². The highest BCUT2D eigenvalue weighted by molar-refractivity contribution is 5.79. The minimum Gasteiger partial charge on any atom is -0.491 e. The molecule has 29 heavy (non-hydrogen) atoms. The molecule has 0 atom stereocenters. The van der Waals surface area contributed by atoms with Crippen LogP contribution in [0.15, 0.2) is 67.0 Å². The smallest absolute Gasteiger partial charge is 0.269 e. The second kappa shape index (κ2) is 8.10. The fraction of sp³-hybridized carbons (Fsp3) is 0.182. The van der Waals surface area contributed by atoms with E-state index in [4.69, 9.17) is 4.74 Å². The standard InChI is InChI=1S/C22H19N3O4/c26-22(13-16-1-4-20(5-2-16)25(27)28)24-11-12-29-21-6-3-18(14-19(21)15-24)17-7-9-23-10-8-17/h1-10,14H,11-13,15H2. The minimum atomic E-state index is -0.449. The number of aromatic nitrogens is 1. The Morgan fingerprint density at radius 3 is 2.55 bits per heavy atom. The van der Waals surface area contributed by atoms with E-state index in [1.165, 1.54) is 12.1 Å². The molecule has 1 aliphatic heterocycles. The number of hydrogen-bond donors (Lipinski definition) is 0. The summed E-state index contributed by atoms with van der Waals surface area (Å²) in [6.07, 6.45) is 3.69. The van der Waals surface area contributed by atoms with Crippen LogP contribution in [0.5, 0.6) is 5.75 Å². The number of carbonyl (C=O) groups excluding carboxylic acids is 1. The third-order valence-corrected chi connectivity index (χ3v) is 4.91. The largest absolute Gasteiger partial charge is 0.491 e. The van der Waals surface area contributed by atoms with E-state index in [1.54, 1.807) is 29.4 Å². The summed E-state index contributed by atoms with van der Waals surface area (Å²) in [6, 6.07) is 16.0. The van der Waals surface area contributed by atoms with Crippen molar-refractivity contribution in [2.75, 3.05) is 13.2 Å². The van der Waals surface area contributed by atoms with Crippen LogP contribution in [-0.4, -0.2) is 33.9 Å². The first-order valence-corrected chi connectivity index (χ1v) is 9.27. The van der Waals surface area contributed by atoms with Gasteiger partial charge in [-0.3, -0.25) is 19.9 Å². The molecule has 7 heteroatoms. The molecule has 146 valence electrons. The Kier molecular flexibility index (Phi) is 5.20. The average Bonchev–Trinajstić information content (AvgIpc) is 2.96. The summed E-state index contributed by atoms with van der Waals surface area (Å²) in [7, 11) is 0. The first kappa shape index (κ1) is 18.6. The van der Waals surface area contributed by atoms with Crippen LogP contribution in [0.4, 0.5) is 5.69 Å². The van der Waals surface area contributed by atoms with Gasteiger partial charge >= 0.3 is 0 Å². The molecule has 2 heterocycles. The number of rotatable bonds is 4. The molecule has 0 bridgehead atoms. The minimum absolute atomic E-state index is 0.0157. The number of nitro benzene ring substituents is 1. The van der Waals surface area contributed by atoms with Crippen molar-refractivity contribution in [3.63, 3.8) is 0 Å². The highest BCUT2D eigenvalue weighted by atomic mass is 16.6. The Balaban J connectivity index is 1.51. The summed E-state index contributed by atoms with van der Waals surface area (Å²) >= 11 is 0. The van der Waals surface area contributed by atoms with Gasteiger partial charge in [0.05, 0.1) is 17.9 Å². The molecule has 0 N–H and O–H groups in total. The van der Waals surface area contributed by atoms with E-state index in [1.807, 2.05) is 30.3 Å². The summed E-state index contributed by atoms with van der Waals surface area (Å²) in [5, 5.41) is 10.8. The van der Waals surface area contributed by atoms with Gasteiger partial charge in [0.2, 0.25) is 5.91 Å². The van der Waals surface area contributed by atoms with Crippen molar-refractivity contribution in [3.05, 3.63) is 88.2 Å². The molecule has 0 unspecified atom stereocenters. The van der Waals surface area contributed by atoms with Crippen LogP contribution in [-0.2, 0) is 17.8 Å². The number of non-ortho nitro benzene ring substituents is 1. The van der Waals surface area contributed by atoms with Crippen LogP contribution in [0.1, 0.15) is 11.1 Å². The first-order chi connectivity index (χ1) is 14.1. The van der Waals surface area contributed by atoms with Crippen LogP contribution in [0.2, 0.25) is 0 Å². The Hall–Kier alpha value is -3.74. The predicted octanol–water partition coefficient (Wildman–Crippen LogP) is 3.62. The summed E-state index contributed by atoms with van der Waals surface area (Å²) in [6.45, 7) is 1.37. The second-order valence-electron chi connectivity index (χ2n) is 6.82. The molecule has 7 nitrogen and oxygen atoms in total. The third kappa shape index (κ3) is 4.24. The number of ether oxygens (including phenoxy) is 1. The molecule has 1 aliphatic rings. The molecular formula is C22H19N3O4. The van der Waals surface area contributed by atoms with E-state index >= 15 is 0 Å². The lowest BCUT2D eigenvalue weighted by atomic mass is 10.0. The molecular weight excluding hydrogens is 370 g/mol. The molecule has 1 aromatic heterocycles. The van der Waals surface area contributed by atoms with Gasteiger partial charge in [-0.25, -0.2) is 0 Å². The van der Waals surface area contributed by atoms with Gasteiger partial charge in [0.25, 0.3) is 5.69 Å². The molecule has 0 radical (unpaired) electrons. The number of fused-ring (bicyclic) bond motifs is 1. The van der Waals surface area contributed by atoms with E-state index in [0.717, 1.165) is 28.0 Å². The lowest BCUT2D eigenvalue weighted by Crippen LogP contribution is -2.33. The molecule has 0 saturated heterocycles. The van der Waals surface area contributed by atoms with E-state index < -0.39 is 4.92 Å². The maximum Gasteiger partial charge on any atom is 0.269 e. The predicted molar refractivity (Wildman–Crippen MR) is 107 cm³/mol. The van der Waals surface area contributed by atoms with Gasteiger partial charge < -0.3 is 9.64 Å². The summed E-state index contributed by atoms with van der Waals surface area (Å²) in [4.78, 5) is 29.0. The van der Waals surface area contributed by atoms with Crippen molar-refractivity contribution in [3.8, 4) is 16.9 Å². The number of pyridine rings is 1. The molecule has 0 fully saturated rings. The van der Waals surface area contributed by atoms with Crippen LogP contribution >= 0.6 is 0 Å². The van der Waals surface area contributed by atoms with Gasteiger partial charge in [-0.05, 0) is 41.0 Å². The zero-order chi connectivity index (χ0) is 20.2. The van der Waals surface area contributed by atoms with Gasteiger partial charge in [0.15, 0.2) is 0 Å². The molecule has 3 aromatic rings. The van der Waals surface area contributed by atoms with Gasteiger partial charge in [0.1, 0.15) is 12.4 Å². The third-order valence-electron chi connectivity index (χ3n) is 4.91. The van der Waals surface area contributed by atoms with Crippen molar-refractivity contribution >= 4 is 11.6 Å². The Morgan fingerprint density at radius 2 is 1.83 bits per heavy atom. The maximum atomic E-state index is 12.8. The monoisotopic (exact) mass is 389 g/mol. The zero-order valence-electron chi connectivity index (χ0n) is 15.7. The van der Waals surface area contributed by atoms with Gasteiger partial charge in [-0.2, -0.15) is 0 Å². The fourth-order valence-electron chi connectivity index (χ4n) is 3.35. The van der Waals surface area contributed by atoms with E-state index in [2.05, 4.69) is 4.98 Å². The SMILES string of the molecule is O=C(Cc1ccc([N+](=O)[O-])cc1)N1CCOc2ccc(-c3ccncc3)cc2C1. The zero-order valence-corrected chi connectivity index (χ0v) is 15.7. The summed E-state index contributed by atoms with van der Waals surface area (Å²) in [5.74, 6) is 0.748. The second-order valence-corrected chi connectivity index (χ2v) is 6.82. The Morgan fingerprint density at radius 1 is 1.07 bits per heavy atom. The number of hydrogen-bond acceptors (Lipinski definition) is 5. The van der Waals surface area contributed by atoms with Crippen molar-refractivity contribution in [1.29, 1.82) is 0 Å². The molecule has 4 rings (SSSR count). The topological polar surface area (TPSA) is 85.6 Å². The number of amides is 1. The number of carbonyl (C=O) groups is 1. The van der Waals surface area contributed by atoms with Crippen LogP contribution in [0.25, 0.3) is 11.1 Å². The average molecular weight is 389 g/mol. The molecule has 0 saturated carbocycles. The van der Waals surface area contributed by atoms with E-state index in [0.29, 0.717) is 19.7 Å². The van der Waals surface area contributed by atoms with E-state index in [9.17, 15) is 14.9 Å². The van der Waals surface area contributed by atoms with Crippen LogP contribution in [0.3, 0.4) is 0 Å². The lowest BCUT2D eigenvalue weighted by molar-refractivity contribution is -0.384. The fourth-order valence-corrected chi connectivity index (χ4v) is 3.35. The molecule has 0 spiro atoms. The highest BCUT2D eigenvalue weighted by Crippen LogP contribution is 2.29.